The van der Waals surface area contributed by atoms with E-state index in [1.54, 1.807) is 0 Å². The van der Waals surface area contributed by atoms with Crippen LogP contribution in [0.5, 0.6) is 11.5 Å². The Hall–Kier alpha value is -2.55. The lowest BCUT2D eigenvalue weighted by Crippen LogP contribution is -2.39. The maximum absolute atomic E-state index is 14.2. The second-order valence-electron chi connectivity index (χ2n) is 5.72. The Balaban J connectivity index is 2.10. The molecule has 138 valence electrons. The summed E-state index contributed by atoms with van der Waals surface area (Å²) in [6.45, 7) is 0. The van der Waals surface area contributed by atoms with Crippen LogP contribution < -0.4 is 26.6 Å². The van der Waals surface area contributed by atoms with Gasteiger partial charge < -0.3 is 25.5 Å². The molecule has 0 aromatic heterocycles. The van der Waals surface area contributed by atoms with Crippen LogP contribution >= 0.6 is 0 Å². The average Bonchev–Trinajstić information content (AvgIpc) is 2.64. The summed E-state index contributed by atoms with van der Waals surface area (Å²) in [5.41, 5.74) is 2.60. The number of hydrogen-bond acceptors (Lipinski definition) is 7. The van der Waals surface area contributed by atoms with E-state index in [2.05, 4.69) is 15.3 Å². The number of amidine groups is 1. The predicted octanol–water partition coefficient (Wildman–Crippen LogP) is 1.29. The van der Waals surface area contributed by atoms with Crippen molar-refractivity contribution < 1.29 is 23.4 Å². The van der Waals surface area contributed by atoms with Crippen molar-refractivity contribution in [2.75, 3.05) is 14.2 Å². The van der Waals surface area contributed by atoms with Crippen molar-refractivity contribution in [3.63, 3.8) is 0 Å². The lowest BCUT2D eigenvalue weighted by atomic mass is 9.86. The van der Waals surface area contributed by atoms with Gasteiger partial charge in [-0.2, -0.15) is 5.10 Å². The van der Waals surface area contributed by atoms with Gasteiger partial charge in [-0.15, -0.1) is 0 Å². The van der Waals surface area contributed by atoms with E-state index in [9.17, 15) is 9.18 Å². The molecule has 8 nitrogen and oxygen atoms in total. The summed E-state index contributed by atoms with van der Waals surface area (Å²) in [5, 5.41) is 3.63. The molecule has 0 heterocycles. The number of esters is 1. The fraction of sp³-hybridized carbons (Fsp3) is 0.500. The Bertz CT molecular complexity index is 645. The quantitative estimate of drug-likeness (QED) is 0.239. The van der Waals surface area contributed by atoms with Crippen molar-refractivity contribution in [1.29, 1.82) is 0 Å². The number of benzene rings is 1. The standard InChI is InChI=1S/C16H23FN4O4/c1-23-13-8-12(17)14(7-11(13)16(22)24-2)25-10-5-3-9(4-6-10)15(20-18)21-19/h7-10H,3-6,18-19H2,1-2H3,(H,20,21). The molecule has 0 atom stereocenters. The van der Waals surface area contributed by atoms with Crippen LogP contribution in [-0.4, -0.2) is 32.1 Å². The number of carbonyl (C=O) groups is 1. The Morgan fingerprint density at radius 1 is 1.24 bits per heavy atom. The first-order valence-corrected chi connectivity index (χ1v) is 7.90. The molecule has 25 heavy (non-hydrogen) atoms. The van der Waals surface area contributed by atoms with E-state index in [0.717, 1.165) is 18.9 Å². The molecule has 1 saturated carbocycles. The van der Waals surface area contributed by atoms with Crippen molar-refractivity contribution in [3.05, 3.63) is 23.5 Å². The molecule has 0 aliphatic heterocycles. The summed E-state index contributed by atoms with van der Waals surface area (Å²) >= 11 is 0. The molecular formula is C16H23FN4O4. The number of nitrogens with one attached hydrogen (secondary N) is 1. The number of nitrogens with zero attached hydrogens (tertiary/aromatic N) is 1. The first-order chi connectivity index (χ1) is 12.0. The van der Waals surface area contributed by atoms with Crippen LogP contribution in [0.3, 0.4) is 0 Å². The highest BCUT2D eigenvalue weighted by atomic mass is 19.1. The molecule has 1 aliphatic rings. The summed E-state index contributed by atoms with van der Waals surface area (Å²) < 4.78 is 29.7. The second kappa shape index (κ2) is 8.52. The minimum atomic E-state index is -0.622. The van der Waals surface area contributed by atoms with Gasteiger partial charge in [0.1, 0.15) is 17.1 Å². The maximum atomic E-state index is 14.2. The first kappa shape index (κ1) is 18.8. The van der Waals surface area contributed by atoms with Crippen LogP contribution in [-0.2, 0) is 4.74 Å². The number of hydrazone groups is 1. The van der Waals surface area contributed by atoms with Crippen LogP contribution in [0.25, 0.3) is 0 Å². The van der Waals surface area contributed by atoms with Crippen molar-refractivity contribution in [1.82, 2.24) is 5.43 Å². The Kier molecular flexibility index (Phi) is 6.40. The summed E-state index contributed by atoms with van der Waals surface area (Å²) in [4.78, 5) is 11.8. The van der Waals surface area contributed by atoms with Gasteiger partial charge >= 0.3 is 5.97 Å². The topological polar surface area (TPSA) is 121 Å². The van der Waals surface area contributed by atoms with Crippen LogP contribution in [0, 0.1) is 11.7 Å². The van der Waals surface area contributed by atoms with Crippen LogP contribution in [0.15, 0.2) is 17.2 Å². The summed E-state index contributed by atoms with van der Waals surface area (Å²) in [7, 11) is 2.60. The zero-order chi connectivity index (χ0) is 18.4. The SMILES string of the molecule is COC(=O)c1cc(OC2CCC(/C(=N/N)NN)CC2)c(F)cc1OC. The minimum absolute atomic E-state index is 0.00526. The number of hydrazine groups is 1. The number of methoxy groups -OCH3 is 2. The largest absolute Gasteiger partial charge is 0.496 e. The minimum Gasteiger partial charge on any atom is -0.496 e. The van der Waals surface area contributed by atoms with Gasteiger partial charge in [0.15, 0.2) is 11.6 Å². The normalized spacial score (nSPS) is 20.7. The van der Waals surface area contributed by atoms with E-state index in [1.165, 1.54) is 20.3 Å². The van der Waals surface area contributed by atoms with Crippen molar-refractivity contribution in [2.24, 2.45) is 22.7 Å². The van der Waals surface area contributed by atoms with E-state index in [-0.39, 0.29) is 29.1 Å². The molecule has 0 saturated heterocycles. The van der Waals surface area contributed by atoms with Gasteiger partial charge in [0, 0.05) is 18.1 Å². The highest BCUT2D eigenvalue weighted by Crippen LogP contribution is 2.32. The van der Waals surface area contributed by atoms with E-state index in [0.29, 0.717) is 18.7 Å². The average molecular weight is 354 g/mol. The molecule has 1 aliphatic carbocycles. The zero-order valence-corrected chi connectivity index (χ0v) is 14.3. The number of halogens is 1. The summed E-state index contributed by atoms with van der Waals surface area (Å²) in [6, 6.07) is 2.42. The summed E-state index contributed by atoms with van der Waals surface area (Å²) in [6.07, 6.45) is 2.70. The number of ether oxygens (including phenoxy) is 3. The highest BCUT2D eigenvalue weighted by Gasteiger charge is 2.27. The van der Waals surface area contributed by atoms with Crippen LogP contribution in [0.1, 0.15) is 36.0 Å². The number of carbonyl (C=O) groups excluding carboxylic acids is 1. The van der Waals surface area contributed by atoms with Gasteiger partial charge in [0.25, 0.3) is 0 Å². The first-order valence-electron chi connectivity index (χ1n) is 7.90. The molecule has 0 radical (unpaired) electrons. The maximum Gasteiger partial charge on any atom is 0.341 e. The number of rotatable bonds is 5. The van der Waals surface area contributed by atoms with Crippen molar-refractivity contribution >= 4 is 11.8 Å². The fourth-order valence-electron chi connectivity index (χ4n) is 2.96. The van der Waals surface area contributed by atoms with E-state index < -0.39 is 11.8 Å². The Morgan fingerprint density at radius 2 is 1.92 bits per heavy atom. The molecule has 1 fully saturated rings. The Labute approximate surface area is 145 Å². The zero-order valence-electron chi connectivity index (χ0n) is 14.3. The lowest BCUT2D eigenvalue weighted by molar-refractivity contribution is 0.0595. The number of hydrogen-bond donors (Lipinski definition) is 3. The van der Waals surface area contributed by atoms with Crippen LogP contribution in [0.2, 0.25) is 0 Å². The smallest absolute Gasteiger partial charge is 0.341 e. The van der Waals surface area contributed by atoms with E-state index in [1.807, 2.05) is 0 Å². The number of nitrogens with two attached hydrogens (primary N) is 2. The molecule has 1 aromatic carbocycles. The molecule has 5 N–H and O–H groups in total. The highest BCUT2D eigenvalue weighted by molar-refractivity contribution is 5.93. The molecule has 0 unspecified atom stereocenters. The van der Waals surface area contributed by atoms with Gasteiger partial charge in [0.2, 0.25) is 0 Å². The third kappa shape index (κ3) is 4.30. The third-order valence-electron chi connectivity index (χ3n) is 4.30. The molecular weight excluding hydrogens is 331 g/mol. The van der Waals surface area contributed by atoms with Crippen LogP contribution in [0.4, 0.5) is 4.39 Å². The van der Waals surface area contributed by atoms with E-state index >= 15 is 0 Å². The van der Waals surface area contributed by atoms with Crippen molar-refractivity contribution in [3.8, 4) is 11.5 Å². The van der Waals surface area contributed by atoms with E-state index in [4.69, 9.17) is 21.2 Å². The van der Waals surface area contributed by atoms with Gasteiger partial charge in [-0.1, -0.05) is 0 Å². The van der Waals surface area contributed by atoms with Gasteiger partial charge in [-0.05, 0) is 25.7 Å². The van der Waals surface area contributed by atoms with Crippen molar-refractivity contribution in [2.45, 2.75) is 31.8 Å². The molecule has 0 bridgehead atoms. The molecule has 0 amide bonds. The lowest BCUT2D eigenvalue weighted by Gasteiger charge is -2.29. The fourth-order valence-corrected chi connectivity index (χ4v) is 2.96. The van der Waals surface area contributed by atoms with Gasteiger partial charge in [0.05, 0.1) is 20.3 Å². The molecule has 0 spiro atoms. The second-order valence-corrected chi connectivity index (χ2v) is 5.72. The molecule has 1 aromatic rings. The molecule has 9 heteroatoms. The van der Waals surface area contributed by atoms with Gasteiger partial charge in [-0.25, -0.2) is 15.0 Å². The summed E-state index contributed by atoms with van der Waals surface area (Å²) in [5.74, 6) is 10.2. The Morgan fingerprint density at radius 3 is 2.44 bits per heavy atom. The van der Waals surface area contributed by atoms with Gasteiger partial charge in [-0.3, -0.25) is 0 Å². The predicted molar refractivity (Wildman–Crippen MR) is 89.6 cm³/mol. The molecule has 2 rings (SSSR count). The third-order valence-corrected chi connectivity index (χ3v) is 4.30. The monoisotopic (exact) mass is 354 g/mol.